The van der Waals surface area contributed by atoms with Gasteiger partial charge in [0.1, 0.15) is 11.5 Å². The summed E-state index contributed by atoms with van der Waals surface area (Å²) in [5.41, 5.74) is 3.80. The third kappa shape index (κ3) is 4.77. The molecule has 1 fully saturated rings. The van der Waals surface area contributed by atoms with Gasteiger partial charge in [0, 0.05) is 24.3 Å². The summed E-state index contributed by atoms with van der Waals surface area (Å²) in [6.45, 7) is 4.48. The Morgan fingerprint density at radius 1 is 1.03 bits per heavy atom. The highest BCUT2D eigenvalue weighted by molar-refractivity contribution is 6.03. The van der Waals surface area contributed by atoms with Gasteiger partial charge in [0.2, 0.25) is 11.8 Å². The summed E-state index contributed by atoms with van der Waals surface area (Å²) < 4.78 is 5.90. The van der Waals surface area contributed by atoms with E-state index in [1.54, 1.807) is 4.90 Å². The van der Waals surface area contributed by atoms with Crippen molar-refractivity contribution in [1.82, 2.24) is 0 Å². The molecule has 1 N–H and O–H groups in total. The Morgan fingerprint density at radius 3 is 2.42 bits per heavy atom. The maximum Gasteiger partial charge on any atom is 0.229 e. The number of anilines is 2. The van der Waals surface area contributed by atoms with Gasteiger partial charge in [0.15, 0.2) is 0 Å². The summed E-state index contributed by atoms with van der Waals surface area (Å²) >= 11 is 0. The number of nitrogens with one attached hydrogen (secondary N) is 1. The quantitative estimate of drug-likeness (QED) is 0.592. The highest BCUT2D eigenvalue weighted by atomic mass is 16.5. The lowest BCUT2D eigenvalue weighted by atomic mass is 10.1. The molecule has 0 bridgehead atoms. The van der Waals surface area contributed by atoms with Crippen LogP contribution in [0.1, 0.15) is 24.5 Å². The van der Waals surface area contributed by atoms with E-state index < -0.39 is 0 Å². The van der Waals surface area contributed by atoms with Gasteiger partial charge >= 0.3 is 0 Å². The standard InChI is InChI=1S/C26H26N2O3/c1-3-19-8-12-22(13-9-19)28-17-20(16-25(28)29)26(30)27-21-10-14-23(15-11-21)31-24-7-5-4-6-18(24)2/h4-15,20H,3,16-17H2,1-2H3,(H,27,30)/t20-/m1/s1. The molecule has 0 radical (unpaired) electrons. The molecule has 1 aliphatic rings. The van der Waals surface area contributed by atoms with E-state index in [0.717, 1.165) is 23.4 Å². The predicted octanol–water partition coefficient (Wildman–Crippen LogP) is 5.34. The first kappa shape index (κ1) is 20.7. The molecule has 158 valence electrons. The largest absolute Gasteiger partial charge is 0.457 e. The van der Waals surface area contributed by atoms with Gasteiger partial charge in [-0.2, -0.15) is 0 Å². The number of rotatable bonds is 6. The average Bonchev–Trinajstić information content (AvgIpc) is 3.18. The first-order valence-corrected chi connectivity index (χ1v) is 10.6. The van der Waals surface area contributed by atoms with Crippen LogP contribution in [0.15, 0.2) is 72.8 Å². The van der Waals surface area contributed by atoms with Gasteiger partial charge in [0.25, 0.3) is 0 Å². The summed E-state index contributed by atoms with van der Waals surface area (Å²) in [7, 11) is 0. The highest BCUT2D eigenvalue weighted by Crippen LogP contribution is 2.28. The fourth-order valence-corrected chi connectivity index (χ4v) is 3.69. The Morgan fingerprint density at radius 2 is 1.74 bits per heavy atom. The Bertz CT molecular complexity index is 1070. The molecule has 0 aliphatic carbocycles. The van der Waals surface area contributed by atoms with E-state index in [1.165, 1.54) is 5.56 Å². The lowest BCUT2D eigenvalue weighted by Gasteiger charge is -2.17. The second-order valence-electron chi connectivity index (χ2n) is 7.81. The number of para-hydroxylation sites is 1. The van der Waals surface area contributed by atoms with E-state index >= 15 is 0 Å². The maximum absolute atomic E-state index is 12.7. The molecule has 3 aromatic rings. The summed E-state index contributed by atoms with van der Waals surface area (Å²) in [4.78, 5) is 26.9. The number of amides is 2. The second kappa shape index (κ2) is 9.04. The summed E-state index contributed by atoms with van der Waals surface area (Å²) in [6, 6.07) is 23.0. The molecular formula is C26H26N2O3. The number of ether oxygens (including phenoxy) is 1. The fourth-order valence-electron chi connectivity index (χ4n) is 3.69. The van der Waals surface area contributed by atoms with Gasteiger partial charge in [-0.25, -0.2) is 0 Å². The van der Waals surface area contributed by atoms with Crippen LogP contribution in [0, 0.1) is 12.8 Å². The van der Waals surface area contributed by atoms with Gasteiger partial charge in [-0.3, -0.25) is 9.59 Å². The molecule has 5 heteroatoms. The zero-order chi connectivity index (χ0) is 21.8. The van der Waals surface area contributed by atoms with Crippen LogP contribution in [0.25, 0.3) is 0 Å². The molecule has 0 saturated carbocycles. The van der Waals surface area contributed by atoms with Crippen molar-refractivity contribution in [3.63, 3.8) is 0 Å². The number of aryl methyl sites for hydroxylation is 2. The van der Waals surface area contributed by atoms with Crippen LogP contribution in [0.2, 0.25) is 0 Å². The highest BCUT2D eigenvalue weighted by Gasteiger charge is 2.35. The van der Waals surface area contributed by atoms with Crippen molar-refractivity contribution in [2.75, 3.05) is 16.8 Å². The van der Waals surface area contributed by atoms with E-state index in [0.29, 0.717) is 18.0 Å². The predicted molar refractivity (Wildman–Crippen MR) is 123 cm³/mol. The van der Waals surface area contributed by atoms with Crippen molar-refractivity contribution < 1.29 is 14.3 Å². The van der Waals surface area contributed by atoms with Crippen LogP contribution in [0.5, 0.6) is 11.5 Å². The van der Waals surface area contributed by atoms with E-state index in [9.17, 15) is 9.59 Å². The Hall–Kier alpha value is -3.60. The average molecular weight is 415 g/mol. The van der Waals surface area contributed by atoms with Crippen LogP contribution >= 0.6 is 0 Å². The molecule has 3 aromatic carbocycles. The Labute approximate surface area is 182 Å². The van der Waals surface area contributed by atoms with Crippen molar-refractivity contribution in [2.24, 2.45) is 5.92 Å². The zero-order valence-corrected chi connectivity index (χ0v) is 17.8. The van der Waals surface area contributed by atoms with Crippen molar-refractivity contribution >= 4 is 23.2 Å². The zero-order valence-electron chi connectivity index (χ0n) is 17.8. The normalized spacial score (nSPS) is 15.7. The number of hydrogen-bond acceptors (Lipinski definition) is 3. The number of benzene rings is 3. The Balaban J connectivity index is 1.37. The molecule has 1 atom stereocenters. The molecule has 0 spiro atoms. The SMILES string of the molecule is CCc1ccc(N2C[C@H](C(=O)Nc3ccc(Oc4ccccc4C)cc3)CC2=O)cc1. The lowest BCUT2D eigenvalue weighted by Crippen LogP contribution is -2.28. The minimum Gasteiger partial charge on any atom is -0.457 e. The second-order valence-corrected chi connectivity index (χ2v) is 7.81. The Kier molecular flexibility index (Phi) is 6.03. The van der Waals surface area contributed by atoms with Crippen LogP contribution in [0.4, 0.5) is 11.4 Å². The van der Waals surface area contributed by atoms with E-state index in [4.69, 9.17) is 4.74 Å². The minimum absolute atomic E-state index is 0.0219. The molecule has 0 aromatic heterocycles. The lowest BCUT2D eigenvalue weighted by molar-refractivity contribution is -0.122. The van der Waals surface area contributed by atoms with E-state index in [2.05, 4.69) is 12.2 Å². The number of carbonyl (C=O) groups excluding carboxylic acids is 2. The maximum atomic E-state index is 12.7. The summed E-state index contributed by atoms with van der Waals surface area (Å²) in [6.07, 6.45) is 1.17. The van der Waals surface area contributed by atoms with Gasteiger partial charge < -0.3 is 15.0 Å². The van der Waals surface area contributed by atoms with Crippen molar-refractivity contribution in [3.8, 4) is 11.5 Å². The van der Waals surface area contributed by atoms with Gasteiger partial charge in [-0.05, 0) is 66.9 Å². The molecule has 1 saturated heterocycles. The van der Waals surface area contributed by atoms with E-state index in [-0.39, 0.29) is 24.2 Å². The van der Waals surface area contributed by atoms with E-state index in [1.807, 2.05) is 79.7 Å². The molecule has 1 heterocycles. The van der Waals surface area contributed by atoms with Crippen LogP contribution in [-0.2, 0) is 16.0 Å². The van der Waals surface area contributed by atoms with Gasteiger partial charge in [0.05, 0.1) is 5.92 Å². The monoisotopic (exact) mass is 414 g/mol. The molecule has 1 aliphatic heterocycles. The molecule has 0 unspecified atom stereocenters. The third-order valence-corrected chi connectivity index (χ3v) is 5.60. The topological polar surface area (TPSA) is 58.6 Å². The molecular weight excluding hydrogens is 388 g/mol. The van der Waals surface area contributed by atoms with Crippen molar-refractivity contribution in [3.05, 3.63) is 83.9 Å². The molecule has 2 amide bonds. The van der Waals surface area contributed by atoms with Crippen LogP contribution < -0.4 is 15.0 Å². The minimum atomic E-state index is -0.374. The first-order chi connectivity index (χ1) is 15.0. The first-order valence-electron chi connectivity index (χ1n) is 10.6. The van der Waals surface area contributed by atoms with Crippen molar-refractivity contribution in [1.29, 1.82) is 0 Å². The summed E-state index contributed by atoms with van der Waals surface area (Å²) in [5.74, 6) is 0.960. The summed E-state index contributed by atoms with van der Waals surface area (Å²) in [5, 5.41) is 2.92. The van der Waals surface area contributed by atoms with Gasteiger partial charge in [-0.1, -0.05) is 37.3 Å². The third-order valence-electron chi connectivity index (χ3n) is 5.60. The van der Waals surface area contributed by atoms with Crippen LogP contribution in [0.3, 0.4) is 0 Å². The number of hydrogen-bond donors (Lipinski definition) is 1. The molecule has 31 heavy (non-hydrogen) atoms. The van der Waals surface area contributed by atoms with Crippen molar-refractivity contribution in [2.45, 2.75) is 26.7 Å². The number of nitrogens with zero attached hydrogens (tertiary/aromatic N) is 1. The van der Waals surface area contributed by atoms with Gasteiger partial charge in [-0.15, -0.1) is 0 Å². The fraction of sp³-hybridized carbons (Fsp3) is 0.231. The molecule has 5 nitrogen and oxygen atoms in total. The van der Waals surface area contributed by atoms with Crippen LogP contribution in [-0.4, -0.2) is 18.4 Å². The number of carbonyl (C=O) groups is 2. The molecule has 4 rings (SSSR count). The smallest absolute Gasteiger partial charge is 0.229 e.